The third kappa shape index (κ3) is 12.0. The van der Waals surface area contributed by atoms with Crippen molar-refractivity contribution in [2.75, 3.05) is 19.6 Å². The van der Waals surface area contributed by atoms with Gasteiger partial charge in [-0.25, -0.2) is 13.6 Å². The third-order valence-electron chi connectivity index (χ3n) is 4.59. The van der Waals surface area contributed by atoms with Gasteiger partial charge in [0.15, 0.2) is 5.82 Å². The van der Waals surface area contributed by atoms with Gasteiger partial charge < -0.3 is 13.9 Å². The highest BCUT2D eigenvalue weighted by molar-refractivity contribution is 6.93. The van der Waals surface area contributed by atoms with Crippen molar-refractivity contribution in [2.45, 2.75) is 47.0 Å². The fourth-order valence-corrected chi connectivity index (χ4v) is 2.76. The fraction of sp³-hybridized carbons (Fsp3) is 0.333. The second-order valence-corrected chi connectivity index (χ2v) is 9.51. The predicted molar refractivity (Wildman–Crippen MR) is 156 cm³/mol. The lowest BCUT2D eigenvalue weighted by Crippen LogP contribution is -2.27. The molecule has 0 spiro atoms. The van der Waals surface area contributed by atoms with Crippen LogP contribution in [0.2, 0.25) is 0 Å². The number of benzene rings is 2. The van der Waals surface area contributed by atoms with E-state index in [-0.39, 0.29) is 45.8 Å². The number of methoxy groups -OCH3 is 2. The molecule has 43 heavy (non-hydrogen) atoms. The Morgan fingerprint density at radius 3 is 1.84 bits per heavy atom. The van der Waals surface area contributed by atoms with E-state index >= 15 is 0 Å². The first kappa shape index (κ1) is 38.3. The van der Waals surface area contributed by atoms with E-state index in [2.05, 4.69) is 39.2 Å². The van der Waals surface area contributed by atoms with Crippen LogP contribution in [0.25, 0.3) is 5.69 Å². The standard InChI is InChI=1S/C14H14FN3O3.C10H10FN3O2.C2H6.CCl2O/c1-14(2,3)12-17-18(13(19)21-12)10-6-11(20-4)8(7-16)5-9(10)15;1-6(15)13-14-9-4-10(16-2)7(5-12)3-8(9)11;1-2;2-1(3)4/h5-6H,1-4H3;3-4,14H,1-2H3,(H,13,15);1-2H3;. The molecule has 0 aliphatic heterocycles. The lowest BCUT2D eigenvalue weighted by molar-refractivity contribution is -0.118. The number of halogens is 4. The summed E-state index contributed by atoms with van der Waals surface area (Å²) in [6.45, 7) is 10.7. The number of rotatable bonds is 5. The number of carbonyl (C=O) groups excluding carboxylic acids is 2. The van der Waals surface area contributed by atoms with E-state index in [9.17, 15) is 18.4 Å². The number of hydrazine groups is 1. The number of ether oxygens (including phenoxy) is 2. The molecule has 0 saturated carbocycles. The van der Waals surface area contributed by atoms with Crippen LogP contribution in [0.4, 0.5) is 19.3 Å². The van der Waals surface area contributed by atoms with Crippen molar-refractivity contribution in [3.63, 3.8) is 0 Å². The molecule has 0 atom stereocenters. The van der Waals surface area contributed by atoms with Crippen molar-refractivity contribution in [1.29, 1.82) is 10.5 Å². The van der Waals surface area contributed by atoms with Gasteiger partial charge in [0, 0.05) is 24.5 Å². The summed E-state index contributed by atoms with van der Waals surface area (Å²) >= 11 is 8.80. The van der Waals surface area contributed by atoms with Gasteiger partial charge in [-0.1, -0.05) is 34.6 Å². The molecule has 3 rings (SSSR count). The second-order valence-electron chi connectivity index (χ2n) is 8.63. The Morgan fingerprint density at radius 2 is 1.44 bits per heavy atom. The summed E-state index contributed by atoms with van der Waals surface area (Å²) in [7, 11) is 2.72. The summed E-state index contributed by atoms with van der Waals surface area (Å²) in [5.41, 5.74) is 4.14. The van der Waals surface area contributed by atoms with Gasteiger partial charge in [-0.2, -0.15) is 15.2 Å². The molecule has 12 nitrogen and oxygen atoms in total. The van der Waals surface area contributed by atoms with Crippen molar-refractivity contribution >= 4 is 39.5 Å². The van der Waals surface area contributed by atoms with E-state index in [1.165, 1.54) is 33.3 Å². The Hall–Kier alpha value is -4.66. The molecule has 2 N–H and O–H groups in total. The molecule has 0 aliphatic carbocycles. The molecule has 2 aromatic carbocycles. The molecule has 232 valence electrons. The van der Waals surface area contributed by atoms with Crippen LogP contribution in [0.1, 0.15) is 58.6 Å². The average Bonchev–Trinajstić information content (AvgIpc) is 3.34. The van der Waals surface area contributed by atoms with Crippen molar-refractivity contribution in [1.82, 2.24) is 15.2 Å². The minimum Gasteiger partial charge on any atom is -0.495 e. The first-order chi connectivity index (χ1) is 20.1. The molecule has 0 saturated heterocycles. The highest BCUT2D eigenvalue weighted by Crippen LogP contribution is 2.26. The molecule has 0 aliphatic rings. The largest absolute Gasteiger partial charge is 0.495 e. The summed E-state index contributed by atoms with van der Waals surface area (Å²) in [5.74, 6) is -1.99. The van der Waals surface area contributed by atoms with Gasteiger partial charge in [0.1, 0.15) is 35.1 Å². The Bertz CT molecular complexity index is 1550. The molecule has 0 radical (unpaired) electrons. The Morgan fingerprint density at radius 1 is 0.977 bits per heavy atom. The smallest absolute Gasteiger partial charge is 0.442 e. The van der Waals surface area contributed by atoms with Gasteiger partial charge >= 0.3 is 10.5 Å². The molecule has 0 unspecified atom stereocenters. The maximum absolute atomic E-state index is 14.1. The molecular weight excluding hydrogens is 613 g/mol. The SMILES string of the molecule is CC.COc1cc(-n2nc(C(C)(C)C)oc2=O)c(F)cc1C#N.COc1cc(NNC(C)=O)c(F)cc1C#N.O=C(Cl)Cl. The van der Waals surface area contributed by atoms with Crippen LogP contribution in [0, 0.1) is 34.3 Å². The number of hydrogen-bond acceptors (Lipinski definition) is 10. The number of nitriles is 2. The highest BCUT2D eigenvalue weighted by Gasteiger charge is 2.24. The number of amides is 1. The monoisotopic (exact) mass is 642 g/mol. The van der Waals surface area contributed by atoms with Crippen LogP contribution >= 0.6 is 23.2 Å². The van der Waals surface area contributed by atoms with Gasteiger partial charge in [0.2, 0.25) is 11.8 Å². The van der Waals surface area contributed by atoms with Gasteiger partial charge in [-0.05, 0) is 35.3 Å². The minimum absolute atomic E-state index is 0.0334. The number of nitrogens with one attached hydrogen (secondary N) is 2. The van der Waals surface area contributed by atoms with E-state index in [0.29, 0.717) is 0 Å². The molecule has 3 aromatic rings. The zero-order valence-electron chi connectivity index (χ0n) is 24.6. The van der Waals surface area contributed by atoms with Crippen LogP contribution in [-0.2, 0) is 10.2 Å². The van der Waals surface area contributed by atoms with E-state index in [0.717, 1.165) is 16.8 Å². The zero-order valence-corrected chi connectivity index (χ0v) is 26.1. The number of nitrogens with zero attached hydrogens (tertiary/aromatic N) is 4. The van der Waals surface area contributed by atoms with Gasteiger partial charge in [-0.3, -0.25) is 20.4 Å². The van der Waals surface area contributed by atoms with Crippen LogP contribution in [0.5, 0.6) is 11.5 Å². The Kier molecular flexibility index (Phi) is 16.0. The number of anilines is 1. The Labute approximate surface area is 256 Å². The van der Waals surface area contributed by atoms with Crippen LogP contribution in [0.15, 0.2) is 33.5 Å². The number of aromatic nitrogens is 2. The molecule has 1 aromatic heterocycles. The summed E-state index contributed by atoms with van der Waals surface area (Å²) in [5, 5.41) is 21.6. The maximum Gasteiger partial charge on any atom is 0.442 e. The quantitative estimate of drug-likeness (QED) is 0.251. The summed E-state index contributed by atoms with van der Waals surface area (Å²) in [6, 6.07) is 8.17. The molecule has 0 bridgehead atoms. The number of carbonyl (C=O) groups is 2. The maximum atomic E-state index is 14.1. The highest BCUT2D eigenvalue weighted by atomic mass is 35.5. The fourth-order valence-electron chi connectivity index (χ4n) is 2.76. The lowest BCUT2D eigenvalue weighted by atomic mass is 9.97. The average molecular weight is 643 g/mol. The minimum atomic E-state index is -0.889. The van der Waals surface area contributed by atoms with E-state index in [1.54, 1.807) is 6.07 Å². The summed E-state index contributed by atoms with van der Waals surface area (Å²) in [4.78, 5) is 31.5. The van der Waals surface area contributed by atoms with Gasteiger partial charge in [-0.15, -0.1) is 5.10 Å². The zero-order chi connectivity index (χ0) is 33.5. The second kappa shape index (κ2) is 18.0. The van der Waals surface area contributed by atoms with Crippen molar-refractivity contribution in [2.24, 2.45) is 0 Å². The summed E-state index contributed by atoms with van der Waals surface area (Å²) in [6.07, 6.45) is 0. The van der Waals surface area contributed by atoms with E-state index in [4.69, 9.17) is 29.2 Å². The lowest BCUT2D eigenvalue weighted by Gasteiger charge is -2.11. The van der Waals surface area contributed by atoms with Gasteiger partial charge in [0.05, 0.1) is 31.0 Å². The molecule has 1 heterocycles. The van der Waals surface area contributed by atoms with Gasteiger partial charge in [0.25, 0.3) is 0 Å². The predicted octanol–water partition coefficient (Wildman–Crippen LogP) is 5.92. The van der Waals surface area contributed by atoms with Crippen LogP contribution in [0.3, 0.4) is 0 Å². The van der Waals surface area contributed by atoms with Crippen molar-refractivity contribution in [3.05, 3.63) is 63.5 Å². The van der Waals surface area contributed by atoms with Crippen LogP contribution in [-0.4, -0.2) is 34.6 Å². The molecule has 16 heteroatoms. The summed E-state index contributed by atoms with van der Waals surface area (Å²) < 4.78 is 42.3. The van der Waals surface area contributed by atoms with E-state index < -0.39 is 27.5 Å². The normalized spacial score (nSPS) is 9.63. The topological polar surface area (TPSA) is 172 Å². The van der Waals surface area contributed by atoms with Crippen molar-refractivity contribution in [3.8, 4) is 29.3 Å². The molecule has 1 amide bonds. The van der Waals surface area contributed by atoms with Crippen molar-refractivity contribution < 1.29 is 32.3 Å². The first-order valence-corrected chi connectivity index (χ1v) is 12.9. The van der Waals surface area contributed by atoms with E-state index in [1.807, 2.05) is 40.7 Å². The first-order valence-electron chi connectivity index (χ1n) is 12.1. The number of hydrogen-bond donors (Lipinski definition) is 2. The van der Waals surface area contributed by atoms with Crippen LogP contribution < -0.4 is 26.1 Å². The molecular formula is C27H30Cl2F2N6O6. The third-order valence-corrected chi connectivity index (χ3v) is 4.59. The molecule has 0 fully saturated rings. The Balaban J connectivity index is 0.000000711.